The first-order chi connectivity index (χ1) is 12.1. The van der Waals surface area contributed by atoms with E-state index < -0.39 is 0 Å². The van der Waals surface area contributed by atoms with Crippen molar-refractivity contribution in [2.45, 2.75) is 26.7 Å². The van der Waals surface area contributed by atoms with E-state index in [-0.39, 0.29) is 11.9 Å². The van der Waals surface area contributed by atoms with E-state index in [1.54, 1.807) is 48.5 Å². The van der Waals surface area contributed by atoms with Crippen LogP contribution in [-0.4, -0.2) is 18.4 Å². The number of benzene rings is 2. The Morgan fingerprint density at radius 1 is 1.04 bits per heavy atom. The van der Waals surface area contributed by atoms with Gasteiger partial charge in [0, 0.05) is 13.5 Å². The van der Waals surface area contributed by atoms with Gasteiger partial charge >= 0.3 is 5.97 Å². The lowest BCUT2D eigenvalue weighted by molar-refractivity contribution is -0.131. The van der Waals surface area contributed by atoms with Crippen LogP contribution in [0, 0.1) is 0 Å². The van der Waals surface area contributed by atoms with Gasteiger partial charge in [-0.15, -0.1) is 5.11 Å². The van der Waals surface area contributed by atoms with Gasteiger partial charge in [-0.2, -0.15) is 5.11 Å². The van der Waals surface area contributed by atoms with Gasteiger partial charge in [-0.25, -0.2) is 0 Å². The second kappa shape index (κ2) is 9.32. The van der Waals surface area contributed by atoms with Crippen molar-refractivity contribution in [3.05, 3.63) is 54.1 Å². The second-order valence-electron chi connectivity index (χ2n) is 5.41. The zero-order valence-corrected chi connectivity index (χ0v) is 14.4. The summed E-state index contributed by atoms with van der Waals surface area (Å²) in [6.07, 6.45) is 1.95. The van der Waals surface area contributed by atoms with E-state index in [0.717, 1.165) is 12.8 Å². The summed E-state index contributed by atoms with van der Waals surface area (Å²) < 4.78 is 4.97. The van der Waals surface area contributed by atoms with Gasteiger partial charge in [0.05, 0.1) is 16.9 Å². The zero-order valence-electron chi connectivity index (χ0n) is 14.4. The Bertz CT molecular complexity index is 755. The van der Waals surface area contributed by atoms with Crippen LogP contribution in [0.15, 0.2) is 58.8 Å². The number of carbonyl (C=O) groups excluding carboxylic acids is 2. The minimum atomic E-state index is -0.377. The van der Waals surface area contributed by atoms with Crippen molar-refractivity contribution in [1.82, 2.24) is 5.32 Å². The summed E-state index contributed by atoms with van der Waals surface area (Å²) in [6, 6.07) is 13.7. The molecule has 6 nitrogen and oxygen atoms in total. The van der Waals surface area contributed by atoms with Crippen molar-refractivity contribution in [3.63, 3.8) is 0 Å². The first kappa shape index (κ1) is 18.3. The Morgan fingerprint density at radius 2 is 1.76 bits per heavy atom. The van der Waals surface area contributed by atoms with Crippen LogP contribution < -0.4 is 10.1 Å². The molecule has 2 aromatic rings. The Hall–Kier alpha value is -3.02. The average molecular weight is 339 g/mol. The topological polar surface area (TPSA) is 80.1 Å². The Labute approximate surface area is 146 Å². The van der Waals surface area contributed by atoms with Crippen molar-refractivity contribution in [3.8, 4) is 5.75 Å². The largest absolute Gasteiger partial charge is 0.427 e. The van der Waals surface area contributed by atoms with E-state index in [4.69, 9.17) is 4.74 Å². The molecule has 0 aliphatic rings. The Kier molecular flexibility index (Phi) is 6.83. The molecule has 130 valence electrons. The van der Waals surface area contributed by atoms with Gasteiger partial charge in [-0.3, -0.25) is 9.59 Å². The van der Waals surface area contributed by atoms with Crippen molar-refractivity contribution < 1.29 is 14.3 Å². The molecule has 0 heterocycles. The number of ether oxygens (including phenoxy) is 1. The van der Waals surface area contributed by atoms with Crippen LogP contribution in [0.25, 0.3) is 0 Å². The maximum atomic E-state index is 12.2. The summed E-state index contributed by atoms with van der Waals surface area (Å²) in [6.45, 7) is 4.05. The van der Waals surface area contributed by atoms with E-state index in [9.17, 15) is 9.59 Å². The standard InChI is InChI=1S/C19H21N3O3/c1-3-4-13-20-19(24)17-7-5-6-8-18(17)22-21-15-9-11-16(12-10-15)25-14(2)23/h5-12H,3-4,13H2,1-2H3,(H,20,24). The van der Waals surface area contributed by atoms with Crippen LogP contribution >= 0.6 is 0 Å². The number of rotatable bonds is 7. The third-order valence-electron chi connectivity index (χ3n) is 3.34. The molecule has 0 aromatic heterocycles. The molecule has 0 spiro atoms. The predicted molar refractivity (Wildman–Crippen MR) is 95.6 cm³/mol. The lowest BCUT2D eigenvalue weighted by atomic mass is 10.1. The summed E-state index contributed by atoms with van der Waals surface area (Å²) in [4.78, 5) is 23.1. The number of esters is 1. The van der Waals surface area contributed by atoms with Crippen LogP contribution in [0.2, 0.25) is 0 Å². The minimum absolute atomic E-state index is 0.159. The summed E-state index contributed by atoms with van der Waals surface area (Å²) >= 11 is 0. The van der Waals surface area contributed by atoms with Crippen LogP contribution in [0.5, 0.6) is 5.75 Å². The van der Waals surface area contributed by atoms with Crippen LogP contribution in [0.4, 0.5) is 11.4 Å². The average Bonchev–Trinajstić information content (AvgIpc) is 2.61. The lowest BCUT2D eigenvalue weighted by Crippen LogP contribution is -2.24. The summed E-state index contributed by atoms with van der Waals surface area (Å²) in [5, 5.41) is 11.2. The highest BCUT2D eigenvalue weighted by Gasteiger charge is 2.09. The van der Waals surface area contributed by atoms with Gasteiger partial charge < -0.3 is 10.1 Å². The molecule has 0 saturated heterocycles. The molecule has 0 atom stereocenters. The van der Waals surface area contributed by atoms with Crippen LogP contribution in [0.3, 0.4) is 0 Å². The maximum absolute atomic E-state index is 12.2. The van der Waals surface area contributed by atoms with Gasteiger partial charge in [-0.1, -0.05) is 25.5 Å². The van der Waals surface area contributed by atoms with Gasteiger partial charge in [-0.05, 0) is 42.8 Å². The molecular weight excluding hydrogens is 318 g/mol. The maximum Gasteiger partial charge on any atom is 0.308 e. The molecule has 0 unspecified atom stereocenters. The van der Waals surface area contributed by atoms with Crippen molar-refractivity contribution in [2.75, 3.05) is 6.54 Å². The number of nitrogens with one attached hydrogen (secondary N) is 1. The number of azo groups is 1. The van der Waals surface area contributed by atoms with Gasteiger partial charge in [0.25, 0.3) is 5.91 Å². The monoisotopic (exact) mass is 339 g/mol. The van der Waals surface area contributed by atoms with E-state index >= 15 is 0 Å². The number of unbranched alkanes of at least 4 members (excludes halogenated alkanes) is 1. The molecule has 0 bridgehead atoms. The van der Waals surface area contributed by atoms with Gasteiger partial charge in [0.15, 0.2) is 0 Å². The van der Waals surface area contributed by atoms with Crippen molar-refractivity contribution in [2.24, 2.45) is 10.2 Å². The lowest BCUT2D eigenvalue weighted by Gasteiger charge is -2.06. The number of hydrogen-bond acceptors (Lipinski definition) is 5. The van der Waals surface area contributed by atoms with Gasteiger partial charge in [0.2, 0.25) is 0 Å². The molecular formula is C19H21N3O3. The molecule has 0 aliphatic heterocycles. The molecule has 2 aromatic carbocycles. The number of hydrogen-bond donors (Lipinski definition) is 1. The summed E-state index contributed by atoms with van der Waals surface area (Å²) in [7, 11) is 0. The molecule has 1 amide bonds. The molecule has 6 heteroatoms. The Balaban J connectivity index is 2.10. The first-order valence-corrected chi connectivity index (χ1v) is 8.17. The van der Waals surface area contributed by atoms with Gasteiger partial charge in [0.1, 0.15) is 5.75 Å². The van der Waals surface area contributed by atoms with E-state index in [1.165, 1.54) is 6.92 Å². The molecule has 25 heavy (non-hydrogen) atoms. The second-order valence-corrected chi connectivity index (χ2v) is 5.41. The third kappa shape index (κ3) is 5.84. The highest BCUT2D eigenvalue weighted by atomic mass is 16.5. The van der Waals surface area contributed by atoms with Crippen LogP contribution in [0.1, 0.15) is 37.0 Å². The van der Waals surface area contributed by atoms with Crippen molar-refractivity contribution >= 4 is 23.3 Å². The normalized spacial score (nSPS) is 10.6. The quantitative estimate of drug-likeness (QED) is 0.347. The number of nitrogens with zero attached hydrogens (tertiary/aromatic N) is 2. The minimum Gasteiger partial charge on any atom is -0.427 e. The van der Waals surface area contributed by atoms with E-state index in [1.807, 2.05) is 0 Å². The smallest absolute Gasteiger partial charge is 0.308 e. The zero-order chi connectivity index (χ0) is 18.1. The highest BCUT2D eigenvalue weighted by Crippen LogP contribution is 2.24. The fourth-order valence-electron chi connectivity index (χ4n) is 2.09. The number of carbonyl (C=O) groups is 2. The molecule has 2 rings (SSSR count). The molecule has 0 fully saturated rings. The summed E-state index contributed by atoms with van der Waals surface area (Å²) in [5.41, 5.74) is 1.58. The fourth-order valence-corrected chi connectivity index (χ4v) is 2.09. The third-order valence-corrected chi connectivity index (χ3v) is 3.34. The van der Waals surface area contributed by atoms with Crippen LogP contribution in [-0.2, 0) is 4.79 Å². The van der Waals surface area contributed by atoms with E-state index in [0.29, 0.717) is 29.2 Å². The Morgan fingerprint density at radius 3 is 2.44 bits per heavy atom. The predicted octanol–water partition coefficient (Wildman–Crippen LogP) is 4.56. The van der Waals surface area contributed by atoms with Crippen molar-refractivity contribution in [1.29, 1.82) is 0 Å². The summed E-state index contributed by atoms with van der Waals surface area (Å²) in [5.74, 6) is -0.0900. The number of amides is 1. The molecule has 1 N–H and O–H groups in total. The van der Waals surface area contributed by atoms with E-state index in [2.05, 4.69) is 22.5 Å². The SMILES string of the molecule is CCCCNC(=O)c1ccccc1N=Nc1ccc(OC(C)=O)cc1. The molecule has 0 radical (unpaired) electrons. The molecule has 0 saturated carbocycles. The fraction of sp³-hybridized carbons (Fsp3) is 0.263. The molecule has 0 aliphatic carbocycles. The first-order valence-electron chi connectivity index (χ1n) is 8.17. The highest BCUT2D eigenvalue weighted by molar-refractivity contribution is 5.98.